The average Bonchev–Trinajstić information content (AvgIpc) is 4.09. The minimum absolute atomic E-state index is 0.0479. The Bertz CT molecular complexity index is 3560. The molecular weight excluding hydrogens is 777 g/mol. The molecule has 9 aromatic carbocycles. The lowest BCUT2D eigenvalue weighted by Gasteiger charge is -2.36. The molecule has 300 valence electrons. The third-order valence-electron chi connectivity index (χ3n) is 14.4. The molecular formula is C61H40N2O. The van der Waals surface area contributed by atoms with Crippen molar-refractivity contribution in [1.82, 2.24) is 4.57 Å². The highest BCUT2D eigenvalue weighted by atomic mass is 16.5. The molecule has 64 heavy (non-hydrogen) atoms. The number of hydrogen-bond acceptors (Lipinski definition) is 2. The van der Waals surface area contributed by atoms with Gasteiger partial charge >= 0.3 is 0 Å². The quantitative estimate of drug-likeness (QED) is 0.172. The number of benzene rings is 9. The van der Waals surface area contributed by atoms with Crippen LogP contribution in [0.5, 0.6) is 5.75 Å². The second-order valence-electron chi connectivity index (χ2n) is 17.4. The number of fused-ring (bicyclic) bond motifs is 16. The van der Waals surface area contributed by atoms with Gasteiger partial charge < -0.3 is 14.2 Å². The smallest absolute Gasteiger partial charge is 0.128 e. The first-order valence-electron chi connectivity index (χ1n) is 22.3. The van der Waals surface area contributed by atoms with Crippen molar-refractivity contribution in [2.75, 3.05) is 4.90 Å². The first-order chi connectivity index (χ1) is 31.8. The van der Waals surface area contributed by atoms with Gasteiger partial charge in [0.15, 0.2) is 0 Å². The van der Waals surface area contributed by atoms with Crippen LogP contribution in [0.2, 0.25) is 0 Å². The van der Waals surface area contributed by atoms with Crippen molar-refractivity contribution in [3.8, 4) is 33.7 Å². The normalized spacial score (nSPS) is 16.7. The summed E-state index contributed by atoms with van der Waals surface area (Å²) in [7, 11) is 0. The molecule has 2 atom stereocenters. The number of allylic oxidation sites excluding steroid dienone is 2. The number of aromatic nitrogens is 1. The van der Waals surface area contributed by atoms with Crippen molar-refractivity contribution < 1.29 is 4.74 Å². The van der Waals surface area contributed by atoms with E-state index in [9.17, 15) is 0 Å². The van der Waals surface area contributed by atoms with Gasteiger partial charge in [0, 0.05) is 33.3 Å². The summed E-state index contributed by atoms with van der Waals surface area (Å²) in [5.41, 5.74) is 20.4. The van der Waals surface area contributed by atoms with Gasteiger partial charge in [-0.2, -0.15) is 0 Å². The van der Waals surface area contributed by atoms with Crippen LogP contribution in [0.1, 0.15) is 39.3 Å². The van der Waals surface area contributed by atoms with Crippen LogP contribution in [-0.4, -0.2) is 10.7 Å². The molecule has 0 fully saturated rings. The van der Waals surface area contributed by atoms with Crippen LogP contribution in [0.3, 0.4) is 0 Å². The largest absolute Gasteiger partial charge is 0.485 e. The van der Waals surface area contributed by atoms with Crippen molar-refractivity contribution in [1.29, 1.82) is 0 Å². The Morgan fingerprint density at radius 2 is 1.11 bits per heavy atom. The SMILES string of the molecule is C1=CC2Oc3ccccc3C2C(c2cccc(N(c3cccc4c3C3(c5ccccc5-c5ccccc53)c3ccccc3-4)c3cccc4c3c3ccccc3n4-c3ccccc3)c2)=C1. The van der Waals surface area contributed by atoms with Crippen molar-refractivity contribution in [2.24, 2.45) is 0 Å². The lowest BCUT2D eigenvalue weighted by molar-refractivity contribution is 0.271. The number of para-hydroxylation sites is 3. The molecule has 2 heterocycles. The third-order valence-corrected chi connectivity index (χ3v) is 14.4. The van der Waals surface area contributed by atoms with Crippen LogP contribution < -0.4 is 9.64 Å². The molecule has 14 rings (SSSR count). The van der Waals surface area contributed by atoms with Crippen LogP contribution in [0.15, 0.2) is 231 Å². The minimum Gasteiger partial charge on any atom is -0.485 e. The second-order valence-corrected chi connectivity index (χ2v) is 17.4. The molecule has 3 heteroatoms. The number of nitrogens with zero attached hydrogens (tertiary/aromatic N) is 2. The van der Waals surface area contributed by atoms with Crippen LogP contribution in [0.4, 0.5) is 17.1 Å². The average molecular weight is 817 g/mol. The molecule has 1 aliphatic heterocycles. The molecule has 0 bridgehead atoms. The fourth-order valence-corrected chi connectivity index (χ4v) is 12.0. The fourth-order valence-electron chi connectivity index (χ4n) is 12.0. The van der Waals surface area contributed by atoms with Crippen LogP contribution in [0.25, 0.3) is 55.3 Å². The summed E-state index contributed by atoms with van der Waals surface area (Å²) < 4.78 is 8.98. The van der Waals surface area contributed by atoms with Crippen LogP contribution >= 0.6 is 0 Å². The number of rotatable bonds is 5. The maximum atomic E-state index is 6.56. The van der Waals surface area contributed by atoms with Gasteiger partial charge in [-0.05, 0) is 111 Å². The van der Waals surface area contributed by atoms with E-state index in [0.29, 0.717) is 0 Å². The van der Waals surface area contributed by atoms with E-state index in [1.54, 1.807) is 0 Å². The standard InChI is InChI=1S/C61H40N2O/c1-2-19-40(20-3-1)62-52-32-12-7-25-47(52)59-53(62)33-17-34-54(59)63(41-21-14-18-39(38-41)42-27-16-37-57-58(42)48-26-8-13-36-56(48)64-57)55-35-15-28-46-45-24-6-11-31-51(45)61(60(46)55)49-29-9-4-22-43(49)44-23-5-10-30-50(44)61/h1-38,57-58H. The molecule has 0 saturated heterocycles. The highest BCUT2D eigenvalue weighted by Gasteiger charge is 2.53. The first-order valence-corrected chi connectivity index (χ1v) is 22.3. The zero-order valence-electron chi connectivity index (χ0n) is 34.9. The van der Waals surface area contributed by atoms with Gasteiger partial charge in [-0.1, -0.05) is 170 Å². The maximum absolute atomic E-state index is 6.56. The van der Waals surface area contributed by atoms with Gasteiger partial charge in [0.2, 0.25) is 0 Å². The van der Waals surface area contributed by atoms with Crippen LogP contribution in [0, 0.1) is 0 Å². The Hall–Kier alpha value is -8.14. The Balaban J connectivity index is 1.09. The second kappa shape index (κ2) is 13.4. The van der Waals surface area contributed by atoms with Gasteiger partial charge in [-0.15, -0.1) is 0 Å². The van der Waals surface area contributed by atoms with Crippen molar-refractivity contribution in [3.63, 3.8) is 0 Å². The van der Waals surface area contributed by atoms with E-state index in [2.05, 4.69) is 240 Å². The van der Waals surface area contributed by atoms with Gasteiger partial charge in [0.25, 0.3) is 0 Å². The van der Waals surface area contributed by atoms with Gasteiger partial charge in [-0.25, -0.2) is 0 Å². The van der Waals surface area contributed by atoms with E-state index in [-0.39, 0.29) is 12.0 Å². The zero-order valence-corrected chi connectivity index (χ0v) is 34.9. The third kappa shape index (κ3) is 4.70. The maximum Gasteiger partial charge on any atom is 0.128 e. The van der Waals surface area contributed by atoms with Gasteiger partial charge in [0.1, 0.15) is 11.9 Å². The monoisotopic (exact) mass is 816 g/mol. The lowest BCUT2D eigenvalue weighted by atomic mass is 9.70. The molecule has 1 aromatic heterocycles. The molecule has 10 aromatic rings. The number of hydrogen-bond donors (Lipinski definition) is 0. The molecule has 4 aliphatic rings. The van der Waals surface area contributed by atoms with E-state index >= 15 is 0 Å². The van der Waals surface area contributed by atoms with Crippen LogP contribution in [-0.2, 0) is 5.41 Å². The summed E-state index contributed by atoms with van der Waals surface area (Å²) in [4.78, 5) is 2.58. The molecule has 0 saturated carbocycles. The zero-order chi connectivity index (χ0) is 41.9. The lowest BCUT2D eigenvalue weighted by Crippen LogP contribution is -2.28. The predicted octanol–water partition coefficient (Wildman–Crippen LogP) is 15.1. The highest BCUT2D eigenvalue weighted by molar-refractivity contribution is 6.17. The molecule has 1 spiro atoms. The number of anilines is 3. The summed E-state index contributed by atoms with van der Waals surface area (Å²) in [5, 5.41) is 2.42. The molecule has 0 N–H and O–H groups in total. The van der Waals surface area contributed by atoms with Gasteiger partial charge in [0.05, 0.1) is 33.7 Å². The van der Waals surface area contributed by atoms with Crippen molar-refractivity contribution in [3.05, 3.63) is 264 Å². The Morgan fingerprint density at radius 3 is 1.91 bits per heavy atom. The first kappa shape index (κ1) is 35.5. The van der Waals surface area contributed by atoms with E-state index in [1.165, 1.54) is 77.5 Å². The van der Waals surface area contributed by atoms with Gasteiger partial charge in [-0.3, -0.25) is 0 Å². The molecule has 3 aliphatic carbocycles. The molecule has 0 radical (unpaired) electrons. The highest BCUT2D eigenvalue weighted by Crippen LogP contribution is 2.65. The van der Waals surface area contributed by atoms with Crippen molar-refractivity contribution >= 4 is 44.4 Å². The number of ether oxygens (including phenoxy) is 1. The predicted molar refractivity (Wildman–Crippen MR) is 262 cm³/mol. The van der Waals surface area contributed by atoms with E-state index in [0.717, 1.165) is 34.0 Å². The van der Waals surface area contributed by atoms with E-state index < -0.39 is 5.41 Å². The van der Waals surface area contributed by atoms with Crippen molar-refractivity contribution in [2.45, 2.75) is 17.4 Å². The summed E-state index contributed by atoms with van der Waals surface area (Å²) in [6.07, 6.45) is 6.62. The molecule has 3 nitrogen and oxygen atoms in total. The topological polar surface area (TPSA) is 17.4 Å². The Labute approximate surface area is 372 Å². The Morgan fingerprint density at radius 1 is 0.500 bits per heavy atom. The summed E-state index contributed by atoms with van der Waals surface area (Å²) >= 11 is 0. The van der Waals surface area contributed by atoms with E-state index in [1.807, 2.05) is 0 Å². The summed E-state index contributed by atoms with van der Waals surface area (Å²) in [6, 6.07) is 78.7. The Kier molecular flexibility index (Phi) is 7.44. The van der Waals surface area contributed by atoms with E-state index in [4.69, 9.17) is 4.74 Å². The fraction of sp³-hybridized carbons (Fsp3) is 0.0492. The minimum atomic E-state index is -0.549. The molecule has 2 unspecified atom stereocenters. The molecule has 0 amide bonds. The summed E-state index contributed by atoms with van der Waals surface area (Å²) in [6.45, 7) is 0. The summed E-state index contributed by atoms with van der Waals surface area (Å²) in [5.74, 6) is 1.07.